The van der Waals surface area contributed by atoms with Crippen molar-refractivity contribution >= 4 is 29.3 Å². The van der Waals surface area contributed by atoms with E-state index in [0.717, 1.165) is 48.7 Å². The van der Waals surface area contributed by atoms with Gasteiger partial charge in [-0.2, -0.15) is 0 Å². The predicted octanol–water partition coefficient (Wildman–Crippen LogP) is 3.29. The average molecular weight is 509 g/mol. The number of imide groups is 1. The van der Waals surface area contributed by atoms with Crippen molar-refractivity contribution in [3.8, 4) is 5.75 Å². The van der Waals surface area contributed by atoms with E-state index in [4.69, 9.17) is 16.3 Å². The number of halogens is 1. The van der Waals surface area contributed by atoms with E-state index >= 15 is 0 Å². The second kappa shape index (κ2) is 9.48. The van der Waals surface area contributed by atoms with Crippen molar-refractivity contribution in [3.05, 3.63) is 58.4 Å². The van der Waals surface area contributed by atoms with Gasteiger partial charge in [-0.25, -0.2) is 0 Å². The molecular formula is C27H29ClN4O4. The van der Waals surface area contributed by atoms with Crippen molar-refractivity contribution in [2.24, 2.45) is 0 Å². The minimum absolute atomic E-state index is 0.0917. The third kappa shape index (κ3) is 4.26. The van der Waals surface area contributed by atoms with Gasteiger partial charge in [-0.1, -0.05) is 18.0 Å². The third-order valence-corrected chi connectivity index (χ3v) is 8.39. The monoisotopic (exact) mass is 508 g/mol. The number of piperidine rings is 1. The van der Waals surface area contributed by atoms with Gasteiger partial charge in [0.2, 0.25) is 11.8 Å². The van der Waals surface area contributed by atoms with Gasteiger partial charge in [0.05, 0.1) is 5.02 Å². The number of benzene rings is 1. The van der Waals surface area contributed by atoms with Gasteiger partial charge in [0.15, 0.2) is 0 Å². The lowest BCUT2D eigenvalue weighted by atomic mass is 9.84. The molecule has 4 aliphatic rings. The highest BCUT2D eigenvalue weighted by molar-refractivity contribution is 6.31. The molecule has 1 aromatic carbocycles. The van der Waals surface area contributed by atoms with Gasteiger partial charge in [0.25, 0.3) is 5.91 Å². The second-order valence-electron chi connectivity index (χ2n) is 10.3. The molecule has 1 aromatic heterocycles. The molecular weight excluding hydrogens is 480 g/mol. The molecule has 3 fully saturated rings. The standard InChI is InChI=1S/C27H29ClN4O4/c28-21-12-29-10-9-19(21)17-13-31(14-17)22-3-1-2-4-24(22)36-18-5-6-20-16(11-18)15-32(27(20)35)23-7-8-25(33)30-26(23)34/h5-6,9-12,17,22-24H,1-4,7-8,13-15H2,(H,30,33,34)/t22-,23+,24+/m0/s1. The van der Waals surface area contributed by atoms with E-state index in [1.807, 2.05) is 24.3 Å². The maximum absolute atomic E-state index is 13.0. The summed E-state index contributed by atoms with van der Waals surface area (Å²) in [6.07, 6.45) is 8.66. The van der Waals surface area contributed by atoms with Crippen LogP contribution in [0.15, 0.2) is 36.7 Å². The van der Waals surface area contributed by atoms with Gasteiger partial charge in [-0.3, -0.25) is 29.6 Å². The summed E-state index contributed by atoms with van der Waals surface area (Å²) < 4.78 is 6.53. The lowest BCUT2D eigenvalue weighted by Crippen LogP contribution is -2.57. The lowest BCUT2D eigenvalue weighted by molar-refractivity contribution is -0.136. The zero-order valence-corrected chi connectivity index (χ0v) is 20.7. The second-order valence-corrected chi connectivity index (χ2v) is 10.7. The van der Waals surface area contributed by atoms with Crippen LogP contribution in [0.4, 0.5) is 0 Å². The first-order valence-corrected chi connectivity index (χ1v) is 13.1. The first-order valence-electron chi connectivity index (χ1n) is 12.8. The highest BCUT2D eigenvalue weighted by Crippen LogP contribution is 2.38. The molecule has 8 nitrogen and oxygen atoms in total. The molecule has 1 aliphatic carbocycles. The van der Waals surface area contributed by atoms with Crippen LogP contribution < -0.4 is 10.1 Å². The number of nitrogens with one attached hydrogen (secondary N) is 1. The van der Waals surface area contributed by atoms with Crippen LogP contribution in [0.1, 0.15) is 65.9 Å². The summed E-state index contributed by atoms with van der Waals surface area (Å²) in [5.41, 5.74) is 2.64. The molecule has 0 spiro atoms. The molecule has 36 heavy (non-hydrogen) atoms. The summed E-state index contributed by atoms with van der Waals surface area (Å²) in [5.74, 6) is 0.346. The molecule has 3 atom stereocenters. The zero-order valence-electron chi connectivity index (χ0n) is 20.0. The maximum Gasteiger partial charge on any atom is 0.255 e. The molecule has 0 radical (unpaired) electrons. The average Bonchev–Trinajstić information content (AvgIpc) is 3.16. The molecule has 1 saturated carbocycles. The van der Waals surface area contributed by atoms with E-state index in [0.29, 0.717) is 30.5 Å². The first-order chi connectivity index (χ1) is 17.5. The largest absolute Gasteiger partial charge is 0.489 e. The number of fused-ring (bicyclic) bond motifs is 1. The Morgan fingerprint density at radius 1 is 1.06 bits per heavy atom. The highest BCUT2D eigenvalue weighted by atomic mass is 35.5. The molecule has 0 bridgehead atoms. The van der Waals surface area contributed by atoms with Crippen molar-refractivity contribution in [1.29, 1.82) is 0 Å². The summed E-state index contributed by atoms with van der Waals surface area (Å²) in [4.78, 5) is 45.0. The predicted molar refractivity (Wildman–Crippen MR) is 133 cm³/mol. The van der Waals surface area contributed by atoms with Crippen LogP contribution in [-0.4, -0.2) is 63.8 Å². The summed E-state index contributed by atoms with van der Waals surface area (Å²) in [5, 5.41) is 3.08. The van der Waals surface area contributed by atoms with Crippen molar-refractivity contribution in [3.63, 3.8) is 0 Å². The molecule has 4 heterocycles. The quantitative estimate of drug-likeness (QED) is 0.623. The van der Waals surface area contributed by atoms with E-state index in [-0.39, 0.29) is 24.3 Å². The van der Waals surface area contributed by atoms with Crippen LogP contribution in [0, 0.1) is 0 Å². The highest BCUT2D eigenvalue weighted by Gasteiger charge is 2.41. The van der Waals surface area contributed by atoms with E-state index < -0.39 is 11.9 Å². The Bertz CT molecular complexity index is 1210. The summed E-state index contributed by atoms with van der Waals surface area (Å²) in [6.45, 7) is 2.29. The zero-order chi connectivity index (χ0) is 24.8. The van der Waals surface area contributed by atoms with Gasteiger partial charge >= 0.3 is 0 Å². The van der Waals surface area contributed by atoms with E-state index in [2.05, 4.69) is 15.2 Å². The Hall–Kier alpha value is -2.97. The molecule has 2 saturated heterocycles. The number of likely N-dealkylation sites (tertiary alicyclic amines) is 1. The van der Waals surface area contributed by atoms with E-state index in [1.54, 1.807) is 17.3 Å². The molecule has 0 unspecified atom stereocenters. The van der Waals surface area contributed by atoms with Gasteiger partial charge in [-0.05, 0) is 61.1 Å². The van der Waals surface area contributed by atoms with Crippen LogP contribution in [0.25, 0.3) is 0 Å². The van der Waals surface area contributed by atoms with Crippen LogP contribution in [0.2, 0.25) is 5.02 Å². The van der Waals surface area contributed by atoms with Gasteiger partial charge in [0.1, 0.15) is 17.9 Å². The number of hydrogen-bond acceptors (Lipinski definition) is 6. The Labute approximate surface area is 214 Å². The number of ether oxygens (including phenoxy) is 1. The number of nitrogens with zero attached hydrogens (tertiary/aromatic N) is 3. The first kappa shape index (κ1) is 23.4. The van der Waals surface area contributed by atoms with Crippen LogP contribution in [0.3, 0.4) is 0 Å². The molecule has 188 valence electrons. The topological polar surface area (TPSA) is 91.8 Å². The SMILES string of the molecule is O=C1CC[C@@H](N2Cc3cc(O[C@@H]4CCCC[C@@H]4N4CC(c5ccncc5Cl)C4)ccc3C2=O)C(=O)N1. The fraction of sp³-hybridized carbons (Fsp3) is 0.481. The fourth-order valence-corrected chi connectivity index (χ4v) is 6.40. The molecule has 2 aromatic rings. The Balaban J connectivity index is 1.12. The number of pyridine rings is 1. The number of aromatic nitrogens is 1. The minimum atomic E-state index is -0.608. The third-order valence-electron chi connectivity index (χ3n) is 8.07. The molecule has 9 heteroatoms. The van der Waals surface area contributed by atoms with Crippen molar-refractivity contribution < 1.29 is 19.1 Å². The summed E-state index contributed by atoms with van der Waals surface area (Å²) in [7, 11) is 0. The molecule has 3 amide bonds. The van der Waals surface area contributed by atoms with Crippen molar-refractivity contribution in [1.82, 2.24) is 20.1 Å². The summed E-state index contributed by atoms with van der Waals surface area (Å²) >= 11 is 6.36. The Morgan fingerprint density at radius 3 is 2.69 bits per heavy atom. The van der Waals surface area contributed by atoms with E-state index in [1.165, 1.54) is 12.0 Å². The lowest BCUT2D eigenvalue weighted by Gasteiger charge is -2.48. The van der Waals surface area contributed by atoms with Crippen molar-refractivity contribution in [2.75, 3.05) is 13.1 Å². The number of hydrogen-bond donors (Lipinski definition) is 1. The fourth-order valence-electron chi connectivity index (χ4n) is 6.13. The number of amides is 3. The summed E-state index contributed by atoms with van der Waals surface area (Å²) in [6, 6.07) is 7.38. The number of carbonyl (C=O) groups is 3. The van der Waals surface area contributed by atoms with Gasteiger partial charge in [-0.15, -0.1) is 0 Å². The number of carbonyl (C=O) groups excluding carboxylic acids is 3. The van der Waals surface area contributed by atoms with Crippen LogP contribution in [0.5, 0.6) is 5.75 Å². The maximum atomic E-state index is 13.0. The smallest absolute Gasteiger partial charge is 0.255 e. The molecule has 3 aliphatic heterocycles. The van der Waals surface area contributed by atoms with Crippen molar-refractivity contribution in [2.45, 2.75) is 69.2 Å². The van der Waals surface area contributed by atoms with Crippen LogP contribution in [-0.2, 0) is 16.1 Å². The van der Waals surface area contributed by atoms with E-state index in [9.17, 15) is 14.4 Å². The molecule has 1 N–H and O–H groups in total. The van der Waals surface area contributed by atoms with Crippen LogP contribution >= 0.6 is 11.6 Å². The Morgan fingerprint density at radius 2 is 1.89 bits per heavy atom. The minimum Gasteiger partial charge on any atom is -0.489 e. The normalized spacial score (nSPS) is 27.0. The molecule has 6 rings (SSSR count). The van der Waals surface area contributed by atoms with Gasteiger partial charge < -0.3 is 9.64 Å². The van der Waals surface area contributed by atoms with Gasteiger partial charge in [0, 0.05) is 56.0 Å². The Kier molecular flexibility index (Phi) is 6.17. The number of rotatable bonds is 5.